The summed E-state index contributed by atoms with van der Waals surface area (Å²) >= 11 is 5.84. The quantitative estimate of drug-likeness (QED) is 0.666. The molecule has 0 atom stereocenters. The van der Waals surface area contributed by atoms with Gasteiger partial charge in [-0.2, -0.15) is 0 Å². The minimum Gasteiger partial charge on any atom is -0.493 e. The van der Waals surface area contributed by atoms with Crippen LogP contribution in [0, 0.1) is 0 Å². The van der Waals surface area contributed by atoms with E-state index in [1.807, 2.05) is 12.1 Å². The number of aromatic hydroxyl groups is 1. The van der Waals surface area contributed by atoms with E-state index < -0.39 is 6.03 Å². The lowest BCUT2D eigenvalue weighted by atomic mass is 10.2. The van der Waals surface area contributed by atoms with Gasteiger partial charge < -0.3 is 20.1 Å². The summed E-state index contributed by atoms with van der Waals surface area (Å²) in [6.45, 7) is 0.696. The number of urea groups is 1. The van der Waals surface area contributed by atoms with E-state index in [1.165, 1.54) is 0 Å². The van der Waals surface area contributed by atoms with E-state index in [4.69, 9.17) is 22.1 Å². The molecule has 0 spiro atoms. The average molecular weight is 359 g/mol. The highest BCUT2D eigenvalue weighted by Gasteiger charge is 2.16. The fourth-order valence-electron chi connectivity index (χ4n) is 2.48. The number of primary amides is 1. The molecule has 1 aromatic heterocycles. The number of hydrogen-bond donors (Lipinski definition) is 2. The number of nitrogens with zero attached hydrogens (tertiary/aromatic N) is 3. The molecule has 0 radical (unpaired) electrons. The molecular formula is C17H15ClN4O3. The molecule has 0 fully saturated rings. The molecule has 2 amide bonds. The maximum absolute atomic E-state index is 10.8. The van der Waals surface area contributed by atoms with E-state index in [0.29, 0.717) is 29.3 Å². The van der Waals surface area contributed by atoms with Gasteiger partial charge in [-0.25, -0.2) is 4.79 Å². The first-order valence-electron chi connectivity index (χ1n) is 7.46. The van der Waals surface area contributed by atoms with Crippen LogP contribution in [0.25, 0.3) is 10.9 Å². The third-order valence-corrected chi connectivity index (χ3v) is 3.82. The van der Waals surface area contributed by atoms with Crippen LogP contribution in [0.2, 0.25) is 5.02 Å². The van der Waals surface area contributed by atoms with Crippen LogP contribution in [-0.2, 0) is 6.54 Å². The van der Waals surface area contributed by atoms with Crippen molar-refractivity contribution in [1.82, 2.24) is 4.57 Å². The molecule has 0 saturated carbocycles. The van der Waals surface area contributed by atoms with E-state index in [2.05, 4.69) is 10.2 Å². The van der Waals surface area contributed by atoms with E-state index in [0.717, 1.165) is 5.52 Å². The number of rotatable bonds is 5. The number of fused-ring (bicyclic) bond motifs is 1. The number of amides is 2. The zero-order chi connectivity index (χ0) is 17.8. The van der Waals surface area contributed by atoms with Crippen LogP contribution in [0.4, 0.5) is 10.5 Å². The summed E-state index contributed by atoms with van der Waals surface area (Å²) in [5.74, 6) is 0.569. The molecule has 0 unspecified atom stereocenters. The van der Waals surface area contributed by atoms with Gasteiger partial charge in [-0.3, -0.25) is 0 Å². The molecule has 0 saturated heterocycles. The van der Waals surface area contributed by atoms with Gasteiger partial charge >= 0.3 is 6.03 Å². The number of para-hydroxylation sites is 1. The zero-order valence-electron chi connectivity index (χ0n) is 13.1. The van der Waals surface area contributed by atoms with Crippen molar-refractivity contribution in [1.29, 1.82) is 0 Å². The second-order valence-corrected chi connectivity index (χ2v) is 5.62. The molecule has 3 aromatic rings. The van der Waals surface area contributed by atoms with Crippen molar-refractivity contribution < 1.29 is 14.6 Å². The predicted octanol–water partition coefficient (Wildman–Crippen LogP) is 4.24. The Morgan fingerprint density at radius 3 is 2.64 bits per heavy atom. The first-order valence-corrected chi connectivity index (χ1v) is 7.84. The van der Waals surface area contributed by atoms with Crippen molar-refractivity contribution >= 4 is 34.2 Å². The van der Waals surface area contributed by atoms with Crippen molar-refractivity contribution in [3.63, 3.8) is 0 Å². The molecule has 7 nitrogen and oxygen atoms in total. The number of carbonyl (C=O) groups excluding carboxylic acids is 1. The van der Waals surface area contributed by atoms with E-state index >= 15 is 0 Å². The lowest BCUT2D eigenvalue weighted by molar-refractivity contribution is 0.255. The highest BCUT2D eigenvalue weighted by molar-refractivity contribution is 6.30. The summed E-state index contributed by atoms with van der Waals surface area (Å²) in [5.41, 5.74) is 5.92. The molecule has 8 heteroatoms. The highest BCUT2D eigenvalue weighted by Crippen LogP contribution is 2.38. The van der Waals surface area contributed by atoms with Crippen LogP contribution < -0.4 is 10.5 Å². The minimum absolute atomic E-state index is 0.106. The van der Waals surface area contributed by atoms with Crippen LogP contribution in [0.15, 0.2) is 58.8 Å². The molecule has 0 aliphatic heterocycles. The molecule has 0 aliphatic carbocycles. The Kier molecular flexibility index (Phi) is 4.85. The van der Waals surface area contributed by atoms with Gasteiger partial charge in [0.2, 0.25) is 5.88 Å². The van der Waals surface area contributed by atoms with Crippen molar-refractivity contribution in [2.24, 2.45) is 16.0 Å². The molecule has 0 bridgehead atoms. The molecular weight excluding hydrogens is 344 g/mol. The van der Waals surface area contributed by atoms with Gasteiger partial charge in [0.1, 0.15) is 12.4 Å². The number of nitrogens with two attached hydrogens (primary N) is 1. The van der Waals surface area contributed by atoms with E-state index in [1.54, 1.807) is 41.0 Å². The topological polar surface area (TPSA) is 102 Å². The Morgan fingerprint density at radius 2 is 1.92 bits per heavy atom. The maximum atomic E-state index is 10.8. The average Bonchev–Trinajstić information content (AvgIpc) is 2.86. The first kappa shape index (κ1) is 16.8. The number of ether oxygens (including phenoxy) is 1. The third kappa shape index (κ3) is 3.72. The normalized spacial score (nSPS) is 11.2. The van der Waals surface area contributed by atoms with Crippen LogP contribution in [0.1, 0.15) is 0 Å². The summed E-state index contributed by atoms with van der Waals surface area (Å²) in [5, 5.41) is 18.8. The number of aromatic nitrogens is 1. The van der Waals surface area contributed by atoms with E-state index in [9.17, 15) is 9.90 Å². The summed E-state index contributed by atoms with van der Waals surface area (Å²) in [4.78, 5) is 10.8. The summed E-state index contributed by atoms with van der Waals surface area (Å²) in [7, 11) is 0. The fraction of sp³-hybridized carbons (Fsp3) is 0.118. The second-order valence-electron chi connectivity index (χ2n) is 5.18. The van der Waals surface area contributed by atoms with Crippen LogP contribution in [0.3, 0.4) is 0 Å². The van der Waals surface area contributed by atoms with Crippen molar-refractivity contribution in [3.05, 3.63) is 53.6 Å². The van der Waals surface area contributed by atoms with Crippen LogP contribution in [-0.4, -0.2) is 22.3 Å². The Hall–Kier alpha value is -3.06. The molecule has 128 valence electrons. The van der Waals surface area contributed by atoms with Gasteiger partial charge in [-0.05, 0) is 30.3 Å². The van der Waals surface area contributed by atoms with Crippen molar-refractivity contribution in [2.45, 2.75) is 6.54 Å². The van der Waals surface area contributed by atoms with E-state index in [-0.39, 0.29) is 11.6 Å². The summed E-state index contributed by atoms with van der Waals surface area (Å²) in [6, 6.07) is 13.3. The Bertz CT molecular complexity index is 935. The predicted molar refractivity (Wildman–Crippen MR) is 94.6 cm³/mol. The summed E-state index contributed by atoms with van der Waals surface area (Å²) in [6.07, 6.45) is 0. The van der Waals surface area contributed by atoms with Gasteiger partial charge in [0.05, 0.1) is 12.1 Å². The SMILES string of the molecule is NC(=O)N=Nc1c(O)n(CCOc2ccc(Cl)cc2)c2ccccc12. The number of carbonyl (C=O) groups is 1. The maximum Gasteiger partial charge on any atom is 0.356 e. The van der Waals surface area contributed by atoms with Gasteiger partial charge in [0.25, 0.3) is 0 Å². The standard InChI is InChI=1S/C17H15ClN4O3/c18-11-5-7-12(8-6-11)25-10-9-22-14-4-2-1-3-13(14)15(16(22)23)20-21-17(19)24/h1-8,23H,9-10H2,(H2,19,24). The van der Waals surface area contributed by atoms with Gasteiger partial charge in [0.15, 0.2) is 5.69 Å². The molecule has 25 heavy (non-hydrogen) atoms. The summed E-state index contributed by atoms with van der Waals surface area (Å²) < 4.78 is 7.30. The minimum atomic E-state index is -0.928. The zero-order valence-corrected chi connectivity index (χ0v) is 13.8. The van der Waals surface area contributed by atoms with Gasteiger partial charge in [-0.1, -0.05) is 34.9 Å². The number of hydrogen-bond acceptors (Lipinski definition) is 4. The third-order valence-electron chi connectivity index (χ3n) is 3.56. The lowest BCUT2D eigenvalue weighted by Gasteiger charge is -2.09. The number of azo groups is 1. The Morgan fingerprint density at radius 1 is 1.20 bits per heavy atom. The van der Waals surface area contributed by atoms with Gasteiger partial charge in [-0.15, -0.1) is 5.11 Å². The molecule has 3 N–H and O–H groups in total. The number of benzene rings is 2. The Balaban J connectivity index is 1.84. The monoisotopic (exact) mass is 358 g/mol. The van der Waals surface area contributed by atoms with Crippen LogP contribution in [0.5, 0.6) is 11.6 Å². The van der Waals surface area contributed by atoms with Crippen molar-refractivity contribution in [3.8, 4) is 11.6 Å². The largest absolute Gasteiger partial charge is 0.493 e. The Labute approximate surface area is 148 Å². The van der Waals surface area contributed by atoms with Gasteiger partial charge in [0, 0.05) is 10.4 Å². The second kappa shape index (κ2) is 7.23. The molecule has 3 rings (SSSR count). The van der Waals surface area contributed by atoms with Crippen LogP contribution >= 0.6 is 11.6 Å². The van der Waals surface area contributed by atoms with Crippen molar-refractivity contribution in [2.75, 3.05) is 6.61 Å². The molecule has 1 heterocycles. The first-order chi connectivity index (χ1) is 12.1. The smallest absolute Gasteiger partial charge is 0.356 e. The molecule has 0 aliphatic rings. The fourth-order valence-corrected chi connectivity index (χ4v) is 2.61. The lowest BCUT2D eigenvalue weighted by Crippen LogP contribution is -2.07. The number of halogens is 1. The highest BCUT2D eigenvalue weighted by atomic mass is 35.5. The molecule has 2 aromatic carbocycles.